The third kappa shape index (κ3) is 4.64. The minimum absolute atomic E-state index is 0.116. The van der Waals surface area contributed by atoms with E-state index in [1.165, 1.54) is 17.9 Å². The third-order valence-electron chi connectivity index (χ3n) is 3.86. The van der Waals surface area contributed by atoms with Gasteiger partial charge < -0.3 is 5.32 Å². The molecule has 21 heavy (non-hydrogen) atoms. The predicted molar refractivity (Wildman–Crippen MR) is 95.0 cm³/mol. The van der Waals surface area contributed by atoms with Gasteiger partial charge in [0, 0.05) is 28.0 Å². The predicted octanol–water partition coefficient (Wildman–Crippen LogP) is 4.80. The minimum Gasteiger partial charge on any atom is -0.309 e. The first-order valence-electron chi connectivity index (χ1n) is 7.89. The average molecular weight is 328 g/mol. The summed E-state index contributed by atoms with van der Waals surface area (Å²) in [4.78, 5) is 0. The Morgan fingerprint density at radius 3 is 2.67 bits per heavy atom. The lowest BCUT2D eigenvalue weighted by Crippen LogP contribution is -2.39. The van der Waals surface area contributed by atoms with Crippen LogP contribution in [0.1, 0.15) is 43.9 Å². The Hall–Kier alpha value is -0.190. The molecule has 3 unspecified atom stereocenters. The van der Waals surface area contributed by atoms with Crippen LogP contribution in [0.5, 0.6) is 0 Å². The van der Waals surface area contributed by atoms with Crippen molar-refractivity contribution in [3.05, 3.63) is 35.1 Å². The summed E-state index contributed by atoms with van der Waals surface area (Å²) in [6.45, 7) is 7.41. The summed E-state index contributed by atoms with van der Waals surface area (Å²) < 4.78 is 13.8. The number of halogens is 1. The maximum Gasteiger partial charge on any atom is 0.123 e. The highest BCUT2D eigenvalue weighted by Gasteiger charge is 2.32. The molecule has 1 saturated heterocycles. The summed E-state index contributed by atoms with van der Waals surface area (Å²) in [6.07, 6.45) is 2.28. The molecule has 0 aliphatic carbocycles. The second kappa shape index (κ2) is 8.44. The third-order valence-corrected chi connectivity index (χ3v) is 7.21. The second-order valence-corrected chi connectivity index (χ2v) is 8.28. The molecule has 1 aromatic carbocycles. The molecule has 1 aromatic rings. The van der Waals surface area contributed by atoms with Gasteiger partial charge in [-0.25, -0.2) is 4.39 Å². The first-order valence-corrected chi connectivity index (χ1v) is 9.99. The number of rotatable bonds is 6. The van der Waals surface area contributed by atoms with Crippen molar-refractivity contribution in [2.45, 2.75) is 50.2 Å². The fourth-order valence-corrected chi connectivity index (χ4v) is 6.17. The second-order valence-electron chi connectivity index (χ2n) is 5.65. The number of hydrogen-bond acceptors (Lipinski definition) is 3. The van der Waals surface area contributed by atoms with E-state index in [1.807, 2.05) is 6.92 Å². The molecular formula is C17H26FNS2. The number of aryl methyl sites for hydroxylation is 1. The van der Waals surface area contributed by atoms with Gasteiger partial charge >= 0.3 is 0 Å². The molecule has 1 nitrogen and oxygen atoms in total. The Morgan fingerprint density at radius 1 is 1.24 bits per heavy atom. The molecule has 1 fully saturated rings. The molecule has 0 aromatic heterocycles. The van der Waals surface area contributed by atoms with Crippen LogP contribution in [0.4, 0.5) is 4.39 Å². The van der Waals surface area contributed by atoms with Gasteiger partial charge in [0.05, 0.1) is 0 Å². The summed E-state index contributed by atoms with van der Waals surface area (Å²) in [6, 6.07) is 5.72. The summed E-state index contributed by atoms with van der Waals surface area (Å²) >= 11 is 4.14. The Labute approximate surface area is 136 Å². The van der Waals surface area contributed by atoms with E-state index in [2.05, 4.69) is 48.8 Å². The van der Waals surface area contributed by atoms with E-state index in [0.717, 1.165) is 24.1 Å². The highest BCUT2D eigenvalue weighted by Crippen LogP contribution is 2.40. The average Bonchev–Trinajstić information content (AvgIpc) is 2.47. The lowest BCUT2D eigenvalue weighted by molar-refractivity contribution is 0.494. The molecule has 1 heterocycles. The summed E-state index contributed by atoms with van der Waals surface area (Å²) in [5.41, 5.74) is 2.12. The molecule has 1 aliphatic rings. The lowest BCUT2D eigenvalue weighted by Gasteiger charge is -2.37. The van der Waals surface area contributed by atoms with Crippen LogP contribution in [0.2, 0.25) is 0 Å². The van der Waals surface area contributed by atoms with Gasteiger partial charge in [0.25, 0.3) is 0 Å². The number of hydrogen-bond donors (Lipinski definition) is 1. The Bertz CT molecular complexity index is 432. The summed E-state index contributed by atoms with van der Waals surface area (Å²) in [5.74, 6) is 2.32. The zero-order chi connectivity index (χ0) is 15.2. The zero-order valence-corrected chi connectivity index (χ0v) is 14.8. The Balaban J connectivity index is 2.27. The van der Waals surface area contributed by atoms with Crippen molar-refractivity contribution < 1.29 is 4.39 Å². The molecule has 3 atom stereocenters. The number of nitrogens with one attached hydrogen (secondary N) is 1. The molecular weight excluding hydrogens is 301 g/mol. The maximum atomic E-state index is 13.8. The summed E-state index contributed by atoms with van der Waals surface area (Å²) in [7, 11) is 0. The standard InChI is InChI=1S/C17H26FNS2/c1-4-6-19-16(13-9-12(3)10-14(18)11-13)17-15(5-2)20-7-8-21-17/h9-11,15-17,19H,4-8H2,1-3H3. The first-order chi connectivity index (χ1) is 10.2. The molecule has 2 rings (SSSR count). The van der Waals surface area contributed by atoms with Gasteiger partial charge in [-0.15, -0.1) is 0 Å². The highest BCUT2D eigenvalue weighted by atomic mass is 32.2. The van der Waals surface area contributed by atoms with Gasteiger partial charge in [-0.3, -0.25) is 0 Å². The lowest BCUT2D eigenvalue weighted by atomic mass is 9.98. The molecule has 118 valence electrons. The van der Waals surface area contributed by atoms with Gasteiger partial charge in [-0.05, 0) is 49.6 Å². The SMILES string of the molecule is CCCNC(c1cc(C)cc(F)c1)C1SCCSC1CC. The van der Waals surface area contributed by atoms with E-state index in [9.17, 15) is 4.39 Å². The highest BCUT2D eigenvalue weighted by molar-refractivity contribution is 8.07. The van der Waals surface area contributed by atoms with Crippen LogP contribution in [-0.2, 0) is 0 Å². The molecule has 4 heteroatoms. The van der Waals surface area contributed by atoms with Crippen molar-refractivity contribution in [2.75, 3.05) is 18.1 Å². The van der Waals surface area contributed by atoms with Crippen LogP contribution in [0, 0.1) is 12.7 Å². The topological polar surface area (TPSA) is 12.0 Å². The van der Waals surface area contributed by atoms with Crippen LogP contribution in [0.15, 0.2) is 18.2 Å². The van der Waals surface area contributed by atoms with E-state index in [0.29, 0.717) is 10.5 Å². The van der Waals surface area contributed by atoms with Crippen LogP contribution in [0.25, 0.3) is 0 Å². The quantitative estimate of drug-likeness (QED) is 0.806. The van der Waals surface area contributed by atoms with Crippen molar-refractivity contribution in [3.8, 4) is 0 Å². The van der Waals surface area contributed by atoms with Gasteiger partial charge in [-0.1, -0.05) is 19.9 Å². The van der Waals surface area contributed by atoms with Gasteiger partial charge in [-0.2, -0.15) is 23.5 Å². The number of benzene rings is 1. The van der Waals surface area contributed by atoms with Crippen LogP contribution in [-0.4, -0.2) is 28.6 Å². The fourth-order valence-electron chi connectivity index (χ4n) is 2.91. The molecule has 0 bridgehead atoms. The van der Waals surface area contributed by atoms with Gasteiger partial charge in [0.1, 0.15) is 5.82 Å². The zero-order valence-electron chi connectivity index (χ0n) is 13.2. The normalized spacial score (nSPS) is 24.0. The fraction of sp³-hybridized carbons (Fsp3) is 0.647. The molecule has 0 amide bonds. The van der Waals surface area contributed by atoms with Crippen molar-refractivity contribution in [1.82, 2.24) is 5.32 Å². The van der Waals surface area contributed by atoms with Gasteiger partial charge in [0.2, 0.25) is 0 Å². The van der Waals surface area contributed by atoms with Crippen LogP contribution >= 0.6 is 23.5 Å². The van der Waals surface area contributed by atoms with Crippen molar-refractivity contribution in [3.63, 3.8) is 0 Å². The molecule has 1 aliphatic heterocycles. The monoisotopic (exact) mass is 327 g/mol. The smallest absolute Gasteiger partial charge is 0.123 e. The van der Waals surface area contributed by atoms with E-state index in [4.69, 9.17) is 0 Å². The van der Waals surface area contributed by atoms with Gasteiger partial charge in [0.15, 0.2) is 0 Å². The van der Waals surface area contributed by atoms with Crippen LogP contribution < -0.4 is 5.32 Å². The van der Waals surface area contributed by atoms with E-state index in [1.54, 1.807) is 12.1 Å². The van der Waals surface area contributed by atoms with E-state index < -0.39 is 0 Å². The van der Waals surface area contributed by atoms with Crippen molar-refractivity contribution in [2.24, 2.45) is 0 Å². The molecule has 1 N–H and O–H groups in total. The molecule has 0 radical (unpaired) electrons. The first kappa shape index (κ1) is 17.2. The van der Waals surface area contributed by atoms with E-state index >= 15 is 0 Å². The Morgan fingerprint density at radius 2 is 2.00 bits per heavy atom. The molecule has 0 saturated carbocycles. The minimum atomic E-state index is -0.116. The Kier molecular flexibility index (Phi) is 6.90. The number of thioether (sulfide) groups is 2. The molecule has 0 spiro atoms. The van der Waals surface area contributed by atoms with Crippen molar-refractivity contribution in [1.29, 1.82) is 0 Å². The largest absolute Gasteiger partial charge is 0.309 e. The summed E-state index contributed by atoms with van der Waals surface area (Å²) in [5, 5.41) is 4.86. The van der Waals surface area contributed by atoms with Crippen LogP contribution in [0.3, 0.4) is 0 Å². The van der Waals surface area contributed by atoms with Crippen molar-refractivity contribution >= 4 is 23.5 Å². The van der Waals surface area contributed by atoms with E-state index in [-0.39, 0.29) is 11.9 Å². The maximum absolute atomic E-state index is 13.8.